The van der Waals surface area contributed by atoms with Crippen molar-refractivity contribution in [3.05, 3.63) is 95.3 Å². The van der Waals surface area contributed by atoms with Crippen molar-refractivity contribution in [1.82, 2.24) is 14.9 Å². The highest BCUT2D eigenvalue weighted by molar-refractivity contribution is 5.94. The smallest absolute Gasteiger partial charge is 0.251 e. The maximum Gasteiger partial charge on any atom is 0.251 e. The van der Waals surface area contributed by atoms with Gasteiger partial charge in [-0.25, -0.2) is 4.98 Å². The molecule has 0 saturated carbocycles. The summed E-state index contributed by atoms with van der Waals surface area (Å²) in [6, 6.07) is 24.6. The van der Waals surface area contributed by atoms with Gasteiger partial charge in [-0.05, 0) is 80.5 Å². The van der Waals surface area contributed by atoms with Gasteiger partial charge in [0.2, 0.25) is 0 Å². The Kier molecular flexibility index (Phi) is 9.97. The molecule has 0 atom stereocenters. The van der Waals surface area contributed by atoms with E-state index in [1.807, 2.05) is 31.2 Å². The third-order valence-corrected chi connectivity index (χ3v) is 7.00. The molecule has 0 aliphatic rings. The second-order valence-corrected chi connectivity index (χ2v) is 10.4. The number of carbonyl (C=O) groups excluding carboxylic acids is 1. The predicted molar refractivity (Wildman–Crippen MR) is 156 cm³/mol. The molecule has 0 radical (unpaired) electrons. The Morgan fingerprint density at radius 3 is 2.42 bits per heavy atom. The van der Waals surface area contributed by atoms with E-state index in [0.29, 0.717) is 12.5 Å². The number of ether oxygens (including phenoxy) is 1. The van der Waals surface area contributed by atoms with Gasteiger partial charge in [0.25, 0.3) is 5.91 Å². The summed E-state index contributed by atoms with van der Waals surface area (Å²) in [5, 5.41) is 3.04. The van der Waals surface area contributed by atoms with Crippen LogP contribution in [0, 0.1) is 6.92 Å². The molecule has 38 heavy (non-hydrogen) atoms. The number of amides is 1. The predicted octanol–water partition coefficient (Wildman–Crippen LogP) is 7.47. The molecule has 1 N–H and O–H groups in total. The Morgan fingerprint density at radius 2 is 1.66 bits per heavy atom. The van der Waals surface area contributed by atoms with Gasteiger partial charge < -0.3 is 14.6 Å². The van der Waals surface area contributed by atoms with Crippen molar-refractivity contribution in [3.8, 4) is 5.75 Å². The van der Waals surface area contributed by atoms with Gasteiger partial charge in [-0.3, -0.25) is 4.79 Å². The SMILES string of the molecule is Cc1ccc(C(=O)NCCCCCc2nc3ccccc3n2CCCCOc2ccc(C(C)C)cc2)cc1. The molecule has 0 spiro atoms. The molecule has 4 rings (SSSR count). The molecular weight excluding hydrogens is 470 g/mol. The minimum absolute atomic E-state index is 0.00310. The van der Waals surface area contributed by atoms with Crippen molar-refractivity contribution < 1.29 is 9.53 Å². The van der Waals surface area contributed by atoms with Gasteiger partial charge in [-0.2, -0.15) is 0 Å². The number of rotatable bonds is 14. The lowest BCUT2D eigenvalue weighted by Crippen LogP contribution is -2.24. The first kappa shape index (κ1) is 27.4. The molecule has 5 nitrogen and oxygen atoms in total. The van der Waals surface area contributed by atoms with Crippen molar-refractivity contribution in [2.45, 2.75) is 71.8 Å². The number of nitrogens with zero attached hydrogens (tertiary/aromatic N) is 2. The first-order chi connectivity index (χ1) is 18.5. The van der Waals surface area contributed by atoms with Crippen LogP contribution in [0.1, 0.15) is 79.2 Å². The zero-order valence-electron chi connectivity index (χ0n) is 23.1. The van der Waals surface area contributed by atoms with Crippen molar-refractivity contribution >= 4 is 16.9 Å². The molecule has 200 valence electrons. The summed E-state index contributed by atoms with van der Waals surface area (Å²) in [5.41, 5.74) is 5.49. The van der Waals surface area contributed by atoms with E-state index in [2.05, 4.69) is 72.3 Å². The molecule has 0 aliphatic carbocycles. The fraction of sp³-hybridized carbons (Fsp3) is 0.394. The number of aromatic nitrogens is 2. The highest BCUT2D eigenvalue weighted by atomic mass is 16.5. The van der Waals surface area contributed by atoms with Crippen molar-refractivity contribution in [1.29, 1.82) is 0 Å². The molecule has 1 aromatic heterocycles. The third-order valence-electron chi connectivity index (χ3n) is 7.00. The molecule has 4 aromatic rings. The maximum absolute atomic E-state index is 12.3. The summed E-state index contributed by atoms with van der Waals surface area (Å²) >= 11 is 0. The molecule has 0 fully saturated rings. The number of fused-ring (bicyclic) bond motifs is 1. The lowest BCUT2D eigenvalue weighted by Gasteiger charge is -2.11. The summed E-state index contributed by atoms with van der Waals surface area (Å²) in [6.45, 7) is 8.80. The molecule has 1 heterocycles. The second kappa shape index (κ2) is 13.8. The van der Waals surface area contributed by atoms with E-state index in [-0.39, 0.29) is 5.91 Å². The Labute approximate surface area is 227 Å². The van der Waals surface area contributed by atoms with Crippen molar-refractivity contribution in [3.63, 3.8) is 0 Å². The van der Waals surface area contributed by atoms with Crippen molar-refractivity contribution in [2.75, 3.05) is 13.2 Å². The van der Waals surface area contributed by atoms with Crippen LogP contribution in [0.15, 0.2) is 72.8 Å². The zero-order valence-corrected chi connectivity index (χ0v) is 23.1. The average molecular weight is 512 g/mol. The largest absolute Gasteiger partial charge is 0.494 e. The molecule has 0 saturated heterocycles. The van der Waals surface area contributed by atoms with Gasteiger partial charge in [-0.15, -0.1) is 0 Å². The van der Waals surface area contributed by atoms with Crippen LogP contribution >= 0.6 is 0 Å². The number of hydrogen-bond acceptors (Lipinski definition) is 3. The number of hydrogen-bond donors (Lipinski definition) is 1. The van der Waals surface area contributed by atoms with Gasteiger partial charge in [0, 0.05) is 25.1 Å². The second-order valence-electron chi connectivity index (χ2n) is 10.4. The van der Waals surface area contributed by atoms with Gasteiger partial charge in [0.1, 0.15) is 11.6 Å². The summed E-state index contributed by atoms with van der Waals surface area (Å²) in [5.74, 6) is 2.63. The van der Waals surface area contributed by atoms with Crippen LogP contribution in [0.3, 0.4) is 0 Å². The van der Waals surface area contributed by atoms with Gasteiger partial charge in [0.05, 0.1) is 17.6 Å². The summed E-state index contributed by atoms with van der Waals surface area (Å²) in [4.78, 5) is 17.2. The van der Waals surface area contributed by atoms with Crippen LogP contribution < -0.4 is 10.1 Å². The Morgan fingerprint density at radius 1 is 0.895 bits per heavy atom. The fourth-order valence-electron chi connectivity index (χ4n) is 4.67. The highest BCUT2D eigenvalue weighted by Crippen LogP contribution is 2.20. The van der Waals surface area contributed by atoms with Crippen LogP contribution in [0.2, 0.25) is 0 Å². The topological polar surface area (TPSA) is 56.2 Å². The maximum atomic E-state index is 12.3. The standard InChI is InChI=1S/C33H41N3O2/c1-25(2)27-18-20-29(21-19-27)38-24-10-9-23-36-31-12-7-6-11-30(31)35-32(36)13-5-4-8-22-34-33(37)28-16-14-26(3)15-17-28/h6-7,11-12,14-21,25H,4-5,8-10,13,22-24H2,1-3H3,(H,34,37). The highest BCUT2D eigenvalue weighted by Gasteiger charge is 2.10. The number of aryl methyl sites for hydroxylation is 3. The third kappa shape index (κ3) is 7.70. The molecule has 0 aliphatic heterocycles. The molecular formula is C33H41N3O2. The van der Waals surface area contributed by atoms with Crippen LogP contribution in [-0.2, 0) is 13.0 Å². The number of nitrogens with one attached hydrogen (secondary N) is 1. The Hall–Kier alpha value is -3.60. The van der Waals surface area contributed by atoms with Gasteiger partial charge in [0.15, 0.2) is 0 Å². The first-order valence-corrected chi connectivity index (χ1v) is 14.0. The van der Waals surface area contributed by atoms with Crippen LogP contribution in [0.5, 0.6) is 5.75 Å². The van der Waals surface area contributed by atoms with E-state index < -0.39 is 0 Å². The molecule has 3 aromatic carbocycles. The summed E-state index contributed by atoms with van der Waals surface area (Å²) in [7, 11) is 0. The molecule has 0 unspecified atom stereocenters. The number of imidazole rings is 1. The fourth-order valence-corrected chi connectivity index (χ4v) is 4.67. The normalized spacial score (nSPS) is 11.3. The van der Waals surface area contributed by atoms with Crippen molar-refractivity contribution in [2.24, 2.45) is 0 Å². The van der Waals surface area contributed by atoms with E-state index in [0.717, 1.165) is 79.9 Å². The minimum Gasteiger partial charge on any atom is -0.494 e. The Balaban J connectivity index is 1.20. The number of unbranched alkanes of at least 4 members (excludes halogenated alkanes) is 3. The van der Waals surface area contributed by atoms with E-state index in [1.165, 1.54) is 11.1 Å². The van der Waals surface area contributed by atoms with E-state index in [4.69, 9.17) is 9.72 Å². The van der Waals surface area contributed by atoms with E-state index >= 15 is 0 Å². The quantitative estimate of drug-likeness (QED) is 0.179. The lowest BCUT2D eigenvalue weighted by atomic mass is 10.0. The van der Waals surface area contributed by atoms with E-state index in [1.54, 1.807) is 0 Å². The van der Waals surface area contributed by atoms with Crippen LogP contribution in [-0.4, -0.2) is 28.6 Å². The van der Waals surface area contributed by atoms with Crippen LogP contribution in [0.25, 0.3) is 11.0 Å². The van der Waals surface area contributed by atoms with Crippen LogP contribution in [0.4, 0.5) is 0 Å². The number of carbonyl (C=O) groups is 1. The summed E-state index contributed by atoms with van der Waals surface area (Å²) in [6.07, 6.45) is 6.06. The monoisotopic (exact) mass is 511 g/mol. The zero-order chi connectivity index (χ0) is 26.7. The lowest BCUT2D eigenvalue weighted by molar-refractivity contribution is 0.0953. The minimum atomic E-state index is 0.00310. The van der Waals surface area contributed by atoms with E-state index in [9.17, 15) is 4.79 Å². The average Bonchev–Trinajstić information content (AvgIpc) is 3.28. The number of benzene rings is 3. The first-order valence-electron chi connectivity index (χ1n) is 14.0. The molecule has 1 amide bonds. The summed E-state index contributed by atoms with van der Waals surface area (Å²) < 4.78 is 8.36. The molecule has 5 heteroatoms. The molecule has 0 bridgehead atoms. The van der Waals surface area contributed by atoms with Gasteiger partial charge >= 0.3 is 0 Å². The van der Waals surface area contributed by atoms with Gasteiger partial charge in [-0.1, -0.05) is 62.2 Å². The Bertz CT molecular complexity index is 1290. The number of para-hydroxylation sites is 2.